The Balaban J connectivity index is 2.11. The highest BCUT2D eigenvalue weighted by Gasteiger charge is 2.24. The number of aliphatic hydroxyl groups is 1. The van der Waals surface area contributed by atoms with Crippen molar-refractivity contribution in [2.45, 2.75) is 31.8 Å². The molecule has 0 bridgehead atoms. The van der Waals surface area contributed by atoms with E-state index in [4.69, 9.17) is 5.73 Å². The topological polar surface area (TPSA) is 118 Å². The van der Waals surface area contributed by atoms with Gasteiger partial charge in [-0.3, -0.25) is 14.9 Å². The number of aliphatic hydroxyl groups excluding tert-OH is 1. The van der Waals surface area contributed by atoms with Crippen LogP contribution in [0.25, 0.3) is 0 Å². The second-order valence-electron chi connectivity index (χ2n) is 5.35. The predicted molar refractivity (Wildman–Crippen MR) is 78.1 cm³/mol. The summed E-state index contributed by atoms with van der Waals surface area (Å²) in [6.45, 7) is 0.470. The molecule has 1 saturated carbocycles. The molecule has 1 aromatic carbocycles. The number of primary amides is 1. The Morgan fingerprint density at radius 3 is 2.76 bits per heavy atom. The van der Waals surface area contributed by atoms with Crippen LogP contribution in [0.4, 0.5) is 11.4 Å². The summed E-state index contributed by atoms with van der Waals surface area (Å²) < 4.78 is 0. The number of anilines is 1. The lowest BCUT2D eigenvalue weighted by Gasteiger charge is -2.27. The Bertz CT molecular complexity index is 547. The average molecular weight is 293 g/mol. The van der Waals surface area contributed by atoms with E-state index >= 15 is 0 Å². The van der Waals surface area contributed by atoms with Crippen molar-refractivity contribution in [2.75, 3.05) is 11.9 Å². The van der Waals surface area contributed by atoms with Gasteiger partial charge in [-0.2, -0.15) is 0 Å². The van der Waals surface area contributed by atoms with Crippen LogP contribution in [0.2, 0.25) is 0 Å². The fraction of sp³-hybridized carbons (Fsp3) is 0.500. The summed E-state index contributed by atoms with van der Waals surface area (Å²) in [4.78, 5) is 21.6. The highest BCUT2D eigenvalue weighted by atomic mass is 16.6. The van der Waals surface area contributed by atoms with E-state index in [-0.39, 0.29) is 23.3 Å². The molecule has 0 aliphatic heterocycles. The molecule has 0 spiro atoms. The quantitative estimate of drug-likeness (QED) is 0.563. The summed E-state index contributed by atoms with van der Waals surface area (Å²) >= 11 is 0. The number of hydrogen-bond donors (Lipinski definition) is 3. The molecule has 2 atom stereocenters. The number of benzene rings is 1. The Hall–Kier alpha value is -2.15. The van der Waals surface area contributed by atoms with Crippen LogP contribution in [-0.2, 0) is 0 Å². The first kappa shape index (κ1) is 15.2. The first-order valence-electron chi connectivity index (χ1n) is 6.99. The first-order valence-corrected chi connectivity index (χ1v) is 6.99. The van der Waals surface area contributed by atoms with Gasteiger partial charge >= 0.3 is 0 Å². The molecule has 7 heteroatoms. The lowest BCUT2D eigenvalue weighted by atomic mass is 9.86. The molecule has 2 unspecified atom stereocenters. The van der Waals surface area contributed by atoms with E-state index in [1.165, 1.54) is 18.2 Å². The highest BCUT2D eigenvalue weighted by Crippen LogP contribution is 2.28. The van der Waals surface area contributed by atoms with E-state index in [1.54, 1.807) is 0 Å². The SMILES string of the molecule is NC(=O)c1ccc(NCC2CCCCC2O)c([N+](=O)[O-])c1. The van der Waals surface area contributed by atoms with Gasteiger partial charge < -0.3 is 16.2 Å². The molecule has 4 N–H and O–H groups in total. The minimum absolute atomic E-state index is 0.0918. The Morgan fingerprint density at radius 2 is 2.14 bits per heavy atom. The maximum atomic E-state index is 11.1. The van der Waals surface area contributed by atoms with E-state index in [0.29, 0.717) is 12.2 Å². The minimum Gasteiger partial charge on any atom is -0.393 e. The van der Waals surface area contributed by atoms with Gasteiger partial charge in [-0.25, -0.2) is 0 Å². The molecule has 0 radical (unpaired) electrons. The number of amides is 1. The third kappa shape index (κ3) is 3.69. The largest absolute Gasteiger partial charge is 0.393 e. The van der Waals surface area contributed by atoms with E-state index < -0.39 is 10.8 Å². The van der Waals surface area contributed by atoms with Crippen LogP contribution < -0.4 is 11.1 Å². The van der Waals surface area contributed by atoms with Crippen LogP contribution in [0.3, 0.4) is 0 Å². The fourth-order valence-electron chi connectivity index (χ4n) is 2.65. The van der Waals surface area contributed by atoms with Crippen molar-refractivity contribution in [3.8, 4) is 0 Å². The van der Waals surface area contributed by atoms with Crippen molar-refractivity contribution in [3.63, 3.8) is 0 Å². The third-order valence-corrected chi connectivity index (χ3v) is 3.90. The van der Waals surface area contributed by atoms with Crippen LogP contribution in [0, 0.1) is 16.0 Å². The van der Waals surface area contributed by atoms with E-state index in [1.807, 2.05) is 0 Å². The number of nitro groups is 1. The molecular formula is C14H19N3O4. The van der Waals surface area contributed by atoms with Gasteiger partial charge in [-0.15, -0.1) is 0 Å². The first-order chi connectivity index (χ1) is 9.99. The number of nitrogens with two attached hydrogens (primary N) is 1. The molecule has 1 fully saturated rings. The van der Waals surface area contributed by atoms with Gasteiger partial charge in [0, 0.05) is 24.1 Å². The van der Waals surface area contributed by atoms with Crippen molar-refractivity contribution in [3.05, 3.63) is 33.9 Å². The summed E-state index contributed by atoms with van der Waals surface area (Å²) in [5.41, 5.74) is 5.38. The second-order valence-corrected chi connectivity index (χ2v) is 5.35. The Morgan fingerprint density at radius 1 is 1.43 bits per heavy atom. The molecule has 0 heterocycles. The Labute approximate surface area is 122 Å². The second kappa shape index (κ2) is 6.53. The van der Waals surface area contributed by atoms with Crippen LogP contribution >= 0.6 is 0 Å². The summed E-state index contributed by atoms with van der Waals surface area (Å²) in [7, 11) is 0. The van der Waals surface area contributed by atoms with Gasteiger partial charge in [0.05, 0.1) is 11.0 Å². The van der Waals surface area contributed by atoms with Crippen molar-refractivity contribution in [1.29, 1.82) is 0 Å². The number of nitrogens with zero attached hydrogens (tertiary/aromatic N) is 1. The van der Waals surface area contributed by atoms with E-state index in [2.05, 4.69) is 5.32 Å². The highest BCUT2D eigenvalue weighted by molar-refractivity contribution is 5.94. The standard InChI is InChI=1S/C14H19N3O4/c15-14(19)9-5-6-11(12(7-9)17(20)21)16-8-10-3-1-2-4-13(10)18/h5-7,10,13,16,18H,1-4,8H2,(H2,15,19). The zero-order valence-electron chi connectivity index (χ0n) is 11.6. The van der Waals surface area contributed by atoms with Crippen LogP contribution in [-0.4, -0.2) is 28.6 Å². The lowest BCUT2D eigenvalue weighted by Crippen LogP contribution is -2.30. The molecule has 21 heavy (non-hydrogen) atoms. The van der Waals surface area contributed by atoms with Gasteiger partial charge in [0.25, 0.3) is 5.69 Å². The molecule has 1 amide bonds. The van der Waals surface area contributed by atoms with Crippen molar-refractivity contribution in [1.82, 2.24) is 0 Å². The van der Waals surface area contributed by atoms with Crippen molar-refractivity contribution in [2.24, 2.45) is 11.7 Å². The van der Waals surface area contributed by atoms with Crippen LogP contribution in [0.15, 0.2) is 18.2 Å². The number of nitrogens with one attached hydrogen (secondary N) is 1. The summed E-state index contributed by atoms with van der Waals surface area (Å²) in [5, 5.41) is 24.0. The molecule has 0 saturated heterocycles. The third-order valence-electron chi connectivity index (χ3n) is 3.90. The molecule has 114 valence electrons. The summed E-state index contributed by atoms with van der Waals surface area (Å²) in [5.74, 6) is -0.610. The van der Waals surface area contributed by atoms with Gasteiger partial charge in [-0.05, 0) is 25.0 Å². The van der Waals surface area contributed by atoms with Crippen molar-refractivity contribution >= 4 is 17.3 Å². The fourth-order valence-corrected chi connectivity index (χ4v) is 2.65. The minimum atomic E-state index is -0.702. The number of carbonyl (C=O) groups is 1. The average Bonchev–Trinajstić information content (AvgIpc) is 2.46. The molecule has 1 aliphatic rings. The summed E-state index contributed by atoms with van der Waals surface area (Å²) in [6, 6.07) is 4.10. The molecule has 2 rings (SSSR count). The van der Waals surface area contributed by atoms with Gasteiger partial charge in [0.1, 0.15) is 5.69 Å². The van der Waals surface area contributed by atoms with Gasteiger partial charge in [0.15, 0.2) is 0 Å². The number of nitro benzene ring substituents is 1. The molecule has 1 aliphatic carbocycles. The maximum Gasteiger partial charge on any atom is 0.293 e. The smallest absolute Gasteiger partial charge is 0.293 e. The maximum absolute atomic E-state index is 11.1. The van der Waals surface area contributed by atoms with Crippen LogP contribution in [0.5, 0.6) is 0 Å². The Kier molecular flexibility index (Phi) is 4.74. The van der Waals surface area contributed by atoms with Gasteiger partial charge in [0.2, 0.25) is 5.91 Å². The number of carbonyl (C=O) groups excluding carboxylic acids is 1. The number of rotatable bonds is 5. The monoisotopic (exact) mass is 293 g/mol. The zero-order chi connectivity index (χ0) is 15.4. The zero-order valence-corrected chi connectivity index (χ0v) is 11.6. The molecule has 7 nitrogen and oxygen atoms in total. The van der Waals surface area contributed by atoms with E-state index in [0.717, 1.165) is 25.7 Å². The molecule has 1 aromatic rings. The predicted octanol–water partition coefficient (Wildman–Crippen LogP) is 1.66. The van der Waals surface area contributed by atoms with E-state index in [9.17, 15) is 20.0 Å². The summed E-state index contributed by atoms with van der Waals surface area (Å²) in [6.07, 6.45) is 3.39. The molecular weight excluding hydrogens is 274 g/mol. The molecule has 0 aromatic heterocycles. The van der Waals surface area contributed by atoms with Crippen molar-refractivity contribution < 1.29 is 14.8 Å². The van der Waals surface area contributed by atoms with Crippen LogP contribution in [0.1, 0.15) is 36.0 Å². The number of hydrogen-bond acceptors (Lipinski definition) is 5. The van der Waals surface area contributed by atoms with Gasteiger partial charge in [-0.1, -0.05) is 12.8 Å². The lowest BCUT2D eigenvalue weighted by molar-refractivity contribution is -0.384. The normalized spacial score (nSPS) is 21.8.